The fraction of sp³-hybridized carbons (Fsp3) is 0.450. The summed E-state index contributed by atoms with van der Waals surface area (Å²) < 4.78 is 0. The van der Waals surface area contributed by atoms with Gasteiger partial charge in [0.25, 0.3) is 0 Å². The summed E-state index contributed by atoms with van der Waals surface area (Å²) in [6, 6.07) is 13.9. The summed E-state index contributed by atoms with van der Waals surface area (Å²) in [5.41, 5.74) is 6.14. The zero-order chi connectivity index (χ0) is 17.7. The van der Waals surface area contributed by atoms with Gasteiger partial charge < -0.3 is 11.1 Å². The molecule has 5 heteroatoms. The molecule has 25 heavy (non-hydrogen) atoms. The fourth-order valence-corrected chi connectivity index (χ4v) is 4.05. The number of thiophene rings is 1. The standard InChI is InChI=1S/C20H27N3OS/c1-20(21,17-6-3-2-4-7-17)19(24)22-14-16-9-11-23(12-10-16)15-18-8-5-13-25-18/h2-8,13,16H,9-12,14-15,21H2,1H3,(H,22,24). The van der Waals surface area contributed by atoms with E-state index in [1.54, 1.807) is 6.92 Å². The molecule has 1 saturated heterocycles. The Morgan fingerprint density at radius 2 is 1.96 bits per heavy atom. The van der Waals surface area contributed by atoms with Gasteiger partial charge in [0.1, 0.15) is 5.54 Å². The molecular formula is C20H27N3OS. The van der Waals surface area contributed by atoms with Crippen molar-refractivity contribution in [2.24, 2.45) is 11.7 Å². The lowest BCUT2D eigenvalue weighted by molar-refractivity contribution is -0.126. The van der Waals surface area contributed by atoms with E-state index in [4.69, 9.17) is 5.73 Å². The van der Waals surface area contributed by atoms with Crippen molar-refractivity contribution < 1.29 is 4.79 Å². The molecule has 3 rings (SSSR count). The summed E-state index contributed by atoms with van der Waals surface area (Å²) in [4.78, 5) is 16.5. The lowest BCUT2D eigenvalue weighted by atomic mass is 9.91. The number of carbonyl (C=O) groups excluding carboxylic acids is 1. The van der Waals surface area contributed by atoms with Crippen LogP contribution >= 0.6 is 11.3 Å². The molecule has 0 radical (unpaired) electrons. The highest BCUT2D eigenvalue weighted by atomic mass is 32.1. The number of nitrogens with one attached hydrogen (secondary N) is 1. The minimum atomic E-state index is -0.985. The van der Waals surface area contributed by atoms with Gasteiger partial charge in [-0.05, 0) is 55.8 Å². The minimum absolute atomic E-state index is 0.0975. The van der Waals surface area contributed by atoms with Crippen molar-refractivity contribution in [3.05, 3.63) is 58.3 Å². The molecule has 0 bridgehead atoms. The number of nitrogens with zero attached hydrogens (tertiary/aromatic N) is 1. The van der Waals surface area contributed by atoms with E-state index in [0.717, 1.165) is 38.0 Å². The van der Waals surface area contributed by atoms with Crippen LogP contribution in [0.4, 0.5) is 0 Å². The second-order valence-corrected chi connectivity index (χ2v) is 8.11. The van der Waals surface area contributed by atoms with Crippen molar-refractivity contribution >= 4 is 17.2 Å². The summed E-state index contributed by atoms with van der Waals surface area (Å²) in [6.45, 7) is 5.73. The van der Waals surface area contributed by atoms with E-state index in [0.29, 0.717) is 12.5 Å². The van der Waals surface area contributed by atoms with Crippen LogP contribution in [0.25, 0.3) is 0 Å². The Morgan fingerprint density at radius 3 is 2.60 bits per heavy atom. The molecular weight excluding hydrogens is 330 g/mol. The maximum atomic E-state index is 12.5. The minimum Gasteiger partial charge on any atom is -0.354 e. The fourth-order valence-electron chi connectivity index (χ4n) is 3.31. The average Bonchev–Trinajstić information content (AvgIpc) is 3.14. The lowest BCUT2D eigenvalue weighted by Gasteiger charge is -2.32. The average molecular weight is 358 g/mol. The monoisotopic (exact) mass is 357 g/mol. The van der Waals surface area contributed by atoms with Crippen LogP contribution in [-0.4, -0.2) is 30.4 Å². The van der Waals surface area contributed by atoms with Gasteiger partial charge in [0, 0.05) is 18.0 Å². The molecule has 134 valence electrons. The number of piperidine rings is 1. The van der Waals surface area contributed by atoms with E-state index in [1.807, 2.05) is 41.7 Å². The first-order valence-electron chi connectivity index (χ1n) is 8.93. The third kappa shape index (κ3) is 4.69. The molecule has 1 aromatic carbocycles. The number of hydrogen-bond donors (Lipinski definition) is 2. The van der Waals surface area contributed by atoms with Gasteiger partial charge in [0.2, 0.25) is 5.91 Å². The van der Waals surface area contributed by atoms with Crippen molar-refractivity contribution in [3.8, 4) is 0 Å². The number of nitrogens with two attached hydrogens (primary N) is 1. The first-order valence-corrected chi connectivity index (χ1v) is 9.81. The van der Waals surface area contributed by atoms with Crippen LogP contribution in [0.1, 0.15) is 30.2 Å². The summed E-state index contributed by atoms with van der Waals surface area (Å²) in [5, 5.41) is 5.20. The third-order valence-corrected chi connectivity index (χ3v) is 5.92. The van der Waals surface area contributed by atoms with Crippen molar-refractivity contribution in [1.82, 2.24) is 10.2 Å². The molecule has 0 aliphatic carbocycles. The second-order valence-electron chi connectivity index (χ2n) is 7.08. The van der Waals surface area contributed by atoms with Crippen molar-refractivity contribution in [2.75, 3.05) is 19.6 Å². The predicted molar refractivity (Wildman–Crippen MR) is 103 cm³/mol. The van der Waals surface area contributed by atoms with E-state index < -0.39 is 5.54 Å². The molecule has 1 aliphatic rings. The second kappa shape index (κ2) is 8.13. The van der Waals surface area contributed by atoms with Crippen LogP contribution in [0.15, 0.2) is 47.8 Å². The molecule has 1 fully saturated rings. The summed E-state index contributed by atoms with van der Waals surface area (Å²) in [6.07, 6.45) is 2.25. The van der Waals surface area contributed by atoms with E-state index in [2.05, 4.69) is 27.7 Å². The number of hydrogen-bond acceptors (Lipinski definition) is 4. The number of carbonyl (C=O) groups is 1. The Hall–Kier alpha value is -1.69. The lowest BCUT2D eigenvalue weighted by Crippen LogP contribution is -2.50. The van der Waals surface area contributed by atoms with Gasteiger partial charge in [-0.1, -0.05) is 36.4 Å². The van der Waals surface area contributed by atoms with Crippen LogP contribution < -0.4 is 11.1 Å². The zero-order valence-electron chi connectivity index (χ0n) is 14.8. The van der Waals surface area contributed by atoms with Crippen LogP contribution in [0.5, 0.6) is 0 Å². The van der Waals surface area contributed by atoms with Crippen LogP contribution in [0.2, 0.25) is 0 Å². The largest absolute Gasteiger partial charge is 0.354 e. The van der Waals surface area contributed by atoms with Crippen LogP contribution in [0.3, 0.4) is 0 Å². The van der Waals surface area contributed by atoms with Gasteiger partial charge in [-0.2, -0.15) is 0 Å². The number of benzene rings is 1. The summed E-state index contributed by atoms with van der Waals surface area (Å²) in [5.74, 6) is 0.440. The Labute approximate surface area is 154 Å². The third-order valence-electron chi connectivity index (χ3n) is 5.06. The zero-order valence-corrected chi connectivity index (χ0v) is 15.6. The Bertz CT molecular complexity index is 662. The van der Waals surface area contributed by atoms with E-state index in [9.17, 15) is 4.79 Å². The predicted octanol–water partition coefficient (Wildman–Crippen LogP) is 2.95. The molecule has 1 aliphatic heterocycles. The van der Waals surface area contributed by atoms with Gasteiger partial charge in [-0.25, -0.2) is 0 Å². The van der Waals surface area contributed by atoms with Gasteiger partial charge in [-0.3, -0.25) is 9.69 Å². The number of likely N-dealkylation sites (tertiary alicyclic amines) is 1. The molecule has 1 atom stereocenters. The number of rotatable bonds is 6. The topological polar surface area (TPSA) is 58.4 Å². The molecule has 0 spiro atoms. The highest BCUT2D eigenvalue weighted by molar-refractivity contribution is 7.09. The Balaban J connectivity index is 1.44. The quantitative estimate of drug-likeness (QED) is 0.836. The SMILES string of the molecule is CC(N)(C(=O)NCC1CCN(Cc2cccs2)CC1)c1ccccc1. The van der Waals surface area contributed by atoms with E-state index in [1.165, 1.54) is 4.88 Å². The van der Waals surface area contributed by atoms with Crippen LogP contribution in [0, 0.1) is 5.92 Å². The van der Waals surface area contributed by atoms with Gasteiger partial charge in [-0.15, -0.1) is 11.3 Å². The highest BCUT2D eigenvalue weighted by Crippen LogP contribution is 2.21. The maximum absolute atomic E-state index is 12.5. The normalized spacial score (nSPS) is 18.6. The van der Waals surface area contributed by atoms with Crippen LogP contribution in [-0.2, 0) is 16.9 Å². The molecule has 2 aromatic rings. The van der Waals surface area contributed by atoms with Gasteiger partial charge in [0.05, 0.1) is 0 Å². The molecule has 3 N–H and O–H groups in total. The number of amides is 1. The highest BCUT2D eigenvalue weighted by Gasteiger charge is 2.31. The molecule has 2 heterocycles. The van der Waals surface area contributed by atoms with Gasteiger partial charge >= 0.3 is 0 Å². The molecule has 4 nitrogen and oxygen atoms in total. The summed E-state index contributed by atoms with van der Waals surface area (Å²) in [7, 11) is 0. The van der Waals surface area contributed by atoms with E-state index >= 15 is 0 Å². The first-order chi connectivity index (χ1) is 12.1. The maximum Gasteiger partial charge on any atom is 0.244 e. The molecule has 1 amide bonds. The molecule has 1 unspecified atom stereocenters. The van der Waals surface area contributed by atoms with Crippen molar-refractivity contribution in [2.45, 2.75) is 31.8 Å². The first kappa shape index (κ1) is 18.1. The van der Waals surface area contributed by atoms with Crippen molar-refractivity contribution in [1.29, 1.82) is 0 Å². The Kier molecular flexibility index (Phi) is 5.89. The smallest absolute Gasteiger partial charge is 0.244 e. The van der Waals surface area contributed by atoms with E-state index in [-0.39, 0.29) is 5.91 Å². The Morgan fingerprint density at radius 1 is 1.24 bits per heavy atom. The molecule has 0 saturated carbocycles. The summed E-state index contributed by atoms with van der Waals surface area (Å²) >= 11 is 1.82. The van der Waals surface area contributed by atoms with Crippen molar-refractivity contribution in [3.63, 3.8) is 0 Å². The van der Waals surface area contributed by atoms with Gasteiger partial charge in [0.15, 0.2) is 0 Å². The molecule has 1 aromatic heterocycles.